The molecule has 0 saturated heterocycles. The zero-order valence-corrected chi connectivity index (χ0v) is 11.2. The zero-order chi connectivity index (χ0) is 13.8. The van der Waals surface area contributed by atoms with Crippen molar-refractivity contribution in [3.63, 3.8) is 0 Å². The van der Waals surface area contributed by atoms with E-state index < -0.39 is 12.1 Å². The number of hydrogen-bond donors (Lipinski definition) is 3. The Labute approximate surface area is 113 Å². The fourth-order valence-electron chi connectivity index (χ4n) is 2.75. The molecule has 0 bridgehead atoms. The van der Waals surface area contributed by atoms with Gasteiger partial charge in [-0.25, -0.2) is 0 Å². The summed E-state index contributed by atoms with van der Waals surface area (Å²) in [5.41, 5.74) is 3.58. The van der Waals surface area contributed by atoms with Crippen molar-refractivity contribution >= 4 is 5.97 Å². The normalized spacial score (nSPS) is 16.9. The topological polar surface area (TPSA) is 69.6 Å². The molecule has 1 aliphatic rings. The first-order chi connectivity index (χ1) is 9.11. The summed E-state index contributed by atoms with van der Waals surface area (Å²) in [5.74, 6) is -0.832. The van der Waals surface area contributed by atoms with Gasteiger partial charge in [0.05, 0.1) is 6.10 Å². The van der Waals surface area contributed by atoms with Crippen molar-refractivity contribution in [2.75, 3.05) is 7.05 Å². The van der Waals surface area contributed by atoms with Crippen LogP contribution in [0.15, 0.2) is 18.2 Å². The van der Waals surface area contributed by atoms with Crippen molar-refractivity contribution in [2.45, 2.75) is 44.2 Å². The smallest absolute Gasteiger partial charge is 0.303 e. The summed E-state index contributed by atoms with van der Waals surface area (Å²) in [6, 6.07) is 5.89. The number of aliphatic hydroxyl groups is 1. The highest BCUT2D eigenvalue weighted by atomic mass is 16.4. The van der Waals surface area contributed by atoms with Crippen LogP contribution in [0.4, 0.5) is 0 Å². The second kappa shape index (κ2) is 6.17. The second-order valence-electron chi connectivity index (χ2n) is 5.15. The molecule has 1 aliphatic carbocycles. The minimum absolute atomic E-state index is 0.0630. The molecule has 4 nitrogen and oxygen atoms in total. The Morgan fingerprint density at radius 3 is 2.79 bits per heavy atom. The third kappa shape index (κ3) is 3.33. The van der Waals surface area contributed by atoms with Crippen molar-refractivity contribution < 1.29 is 15.0 Å². The van der Waals surface area contributed by atoms with Crippen LogP contribution in [0.5, 0.6) is 0 Å². The standard InChI is InChI=1S/C15H21NO3/c1-16-13(7-8-14(17)18)15(19)12-6-5-10-3-2-4-11(10)9-12/h5-6,9,13,15-16,19H,2-4,7-8H2,1H3,(H,17,18). The van der Waals surface area contributed by atoms with Crippen LogP contribution in [-0.4, -0.2) is 29.3 Å². The number of fused-ring (bicyclic) bond motifs is 1. The first-order valence-corrected chi connectivity index (χ1v) is 6.80. The number of carboxylic acids is 1. The van der Waals surface area contributed by atoms with Crippen LogP contribution in [0, 0.1) is 0 Å². The van der Waals surface area contributed by atoms with Gasteiger partial charge in [0.2, 0.25) is 0 Å². The molecule has 0 aromatic heterocycles. The number of aryl methyl sites for hydroxylation is 2. The van der Waals surface area contributed by atoms with Gasteiger partial charge in [-0.15, -0.1) is 0 Å². The van der Waals surface area contributed by atoms with E-state index in [2.05, 4.69) is 17.4 Å². The summed E-state index contributed by atoms with van der Waals surface area (Å²) >= 11 is 0. The number of carboxylic acid groups (broad SMARTS) is 1. The van der Waals surface area contributed by atoms with Crippen LogP contribution in [0.25, 0.3) is 0 Å². The molecule has 2 rings (SSSR count). The number of likely N-dealkylation sites (N-methyl/N-ethyl adjacent to an activating group) is 1. The summed E-state index contributed by atoms with van der Waals surface area (Å²) in [5, 5.41) is 22.1. The predicted octanol–water partition coefficient (Wildman–Crippen LogP) is 1.66. The zero-order valence-electron chi connectivity index (χ0n) is 11.2. The molecule has 2 unspecified atom stereocenters. The van der Waals surface area contributed by atoms with E-state index in [0.717, 1.165) is 18.4 Å². The average molecular weight is 263 g/mol. The number of rotatable bonds is 6. The first kappa shape index (κ1) is 14.0. The van der Waals surface area contributed by atoms with Gasteiger partial charge >= 0.3 is 5.97 Å². The molecular weight excluding hydrogens is 242 g/mol. The Morgan fingerprint density at radius 1 is 1.37 bits per heavy atom. The fraction of sp³-hybridized carbons (Fsp3) is 0.533. The summed E-state index contributed by atoms with van der Waals surface area (Å²) in [7, 11) is 1.75. The molecule has 1 aromatic rings. The Hall–Kier alpha value is -1.39. The minimum Gasteiger partial charge on any atom is -0.481 e. The number of nitrogens with one attached hydrogen (secondary N) is 1. The lowest BCUT2D eigenvalue weighted by atomic mass is 9.96. The molecule has 1 aromatic carbocycles. The molecule has 0 heterocycles. The molecule has 19 heavy (non-hydrogen) atoms. The van der Waals surface area contributed by atoms with Crippen LogP contribution >= 0.6 is 0 Å². The van der Waals surface area contributed by atoms with Crippen LogP contribution < -0.4 is 5.32 Å². The van der Waals surface area contributed by atoms with E-state index in [1.807, 2.05) is 6.07 Å². The first-order valence-electron chi connectivity index (χ1n) is 6.80. The van der Waals surface area contributed by atoms with E-state index in [-0.39, 0.29) is 12.5 Å². The van der Waals surface area contributed by atoms with Crippen molar-refractivity contribution in [1.29, 1.82) is 0 Å². The number of benzene rings is 1. The second-order valence-corrected chi connectivity index (χ2v) is 5.15. The molecule has 0 amide bonds. The van der Waals surface area contributed by atoms with Gasteiger partial charge in [0.1, 0.15) is 0 Å². The molecule has 3 N–H and O–H groups in total. The lowest BCUT2D eigenvalue weighted by Crippen LogP contribution is -2.32. The molecular formula is C15H21NO3. The summed E-state index contributed by atoms with van der Waals surface area (Å²) in [6.45, 7) is 0. The lowest BCUT2D eigenvalue weighted by molar-refractivity contribution is -0.137. The quantitative estimate of drug-likeness (QED) is 0.730. The van der Waals surface area contributed by atoms with Gasteiger partial charge in [-0.3, -0.25) is 4.79 Å². The van der Waals surface area contributed by atoms with E-state index in [4.69, 9.17) is 5.11 Å². The summed E-state index contributed by atoms with van der Waals surface area (Å²) in [6.07, 6.45) is 3.21. The van der Waals surface area contributed by atoms with Gasteiger partial charge in [0, 0.05) is 12.5 Å². The van der Waals surface area contributed by atoms with Crippen molar-refractivity contribution in [2.24, 2.45) is 0 Å². The number of carbonyl (C=O) groups is 1. The molecule has 4 heteroatoms. The van der Waals surface area contributed by atoms with Gasteiger partial charge < -0.3 is 15.5 Å². The number of aliphatic hydroxyl groups excluding tert-OH is 1. The fourth-order valence-corrected chi connectivity index (χ4v) is 2.75. The van der Waals surface area contributed by atoms with Gasteiger partial charge in [0.15, 0.2) is 0 Å². The maximum Gasteiger partial charge on any atom is 0.303 e. The molecule has 0 radical (unpaired) electrons. The summed E-state index contributed by atoms with van der Waals surface area (Å²) < 4.78 is 0. The van der Waals surface area contributed by atoms with Crippen LogP contribution in [0.3, 0.4) is 0 Å². The molecule has 0 saturated carbocycles. The monoisotopic (exact) mass is 263 g/mol. The number of hydrogen-bond acceptors (Lipinski definition) is 3. The van der Waals surface area contributed by atoms with Gasteiger partial charge in [0.25, 0.3) is 0 Å². The average Bonchev–Trinajstić information content (AvgIpc) is 2.85. The highest BCUT2D eigenvalue weighted by molar-refractivity contribution is 5.66. The minimum atomic E-state index is -0.832. The van der Waals surface area contributed by atoms with Gasteiger partial charge in [-0.1, -0.05) is 18.2 Å². The molecule has 0 fully saturated rings. The largest absolute Gasteiger partial charge is 0.481 e. The highest BCUT2D eigenvalue weighted by Crippen LogP contribution is 2.27. The van der Waals surface area contributed by atoms with Crippen molar-refractivity contribution in [1.82, 2.24) is 5.32 Å². The van der Waals surface area contributed by atoms with E-state index in [9.17, 15) is 9.90 Å². The van der Waals surface area contributed by atoms with Gasteiger partial charge in [-0.2, -0.15) is 0 Å². The van der Waals surface area contributed by atoms with Gasteiger partial charge in [-0.05, 0) is 49.4 Å². The van der Waals surface area contributed by atoms with Crippen molar-refractivity contribution in [3.8, 4) is 0 Å². The van der Waals surface area contributed by atoms with E-state index in [1.165, 1.54) is 17.5 Å². The molecule has 104 valence electrons. The van der Waals surface area contributed by atoms with E-state index in [0.29, 0.717) is 6.42 Å². The van der Waals surface area contributed by atoms with Crippen LogP contribution in [0.2, 0.25) is 0 Å². The Balaban J connectivity index is 2.08. The lowest BCUT2D eigenvalue weighted by Gasteiger charge is -2.22. The Morgan fingerprint density at radius 2 is 2.11 bits per heavy atom. The maximum atomic E-state index is 10.6. The highest BCUT2D eigenvalue weighted by Gasteiger charge is 2.21. The SMILES string of the molecule is CNC(CCC(=O)O)C(O)c1ccc2c(c1)CCC2. The summed E-state index contributed by atoms with van der Waals surface area (Å²) in [4.78, 5) is 10.6. The number of aliphatic carboxylic acids is 1. The Bertz CT molecular complexity index is 459. The third-order valence-electron chi connectivity index (χ3n) is 3.89. The maximum absolute atomic E-state index is 10.6. The Kier molecular flexibility index (Phi) is 4.56. The third-order valence-corrected chi connectivity index (χ3v) is 3.89. The predicted molar refractivity (Wildman–Crippen MR) is 73.1 cm³/mol. The molecule has 0 spiro atoms. The van der Waals surface area contributed by atoms with Crippen LogP contribution in [-0.2, 0) is 17.6 Å². The van der Waals surface area contributed by atoms with E-state index >= 15 is 0 Å². The van der Waals surface area contributed by atoms with Crippen molar-refractivity contribution in [3.05, 3.63) is 34.9 Å². The molecule has 2 atom stereocenters. The van der Waals surface area contributed by atoms with Crippen LogP contribution in [0.1, 0.15) is 42.1 Å². The molecule has 0 aliphatic heterocycles. The van der Waals surface area contributed by atoms with E-state index in [1.54, 1.807) is 7.05 Å².